The predicted molar refractivity (Wildman–Crippen MR) is 96.4 cm³/mol. The van der Waals surface area contributed by atoms with Gasteiger partial charge in [-0.3, -0.25) is 14.4 Å². The zero-order chi connectivity index (χ0) is 17.5. The number of ether oxygens (including phenoxy) is 1. The molecule has 0 radical (unpaired) electrons. The molecule has 1 atom stereocenters. The van der Waals surface area contributed by atoms with Crippen LogP contribution >= 0.6 is 0 Å². The van der Waals surface area contributed by atoms with Crippen molar-refractivity contribution < 1.29 is 9.53 Å². The number of para-hydroxylation sites is 1. The Kier molecular flexibility index (Phi) is 6.06. The predicted octanol–water partition coefficient (Wildman–Crippen LogP) is 2.24. The van der Waals surface area contributed by atoms with Crippen LogP contribution in [-0.2, 0) is 11.3 Å². The molecule has 2 aromatic rings. The maximum absolute atomic E-state index is 12.3. The number of rotatable bonds is 7. The molecule has 1 aromatic heterocycles. The number of methoxy groups -OCH3 is 1. The van der Waals surface area contributed by atoms with Gasteiger partial charge in [0.1, 0.15) is 12.3 Å². The van der Waals surface area contributed by atoms with Crippen molar-refractivity contribution in [1.82, 2.24) is 20.0 Å². The average Bonchev–Trinajstić information content (AvgIpc) is 3.16. The Labute approximate surface area is 148 Å². The largest absolute Gasteiger partial charge is 0.496 e. The number of hydrogen-bond acceptors (Lipinski definition) is 4. The lowest BCUT2D eigenvalue weighted by Crippen LogP contribution is -2.41. The first-order chi connectivity index (χ1) is 12.3. The first-order valence-corrected chi connectivity index (χ1v) is 8.89. The van der Waals surface area contributed by atoms with Gasteiger partial charge in [0.05, 0.1) is 13.2 Å². The van der Waals surface area contributed by atoms with E-state index in [4.69, 9.17) is 4.74 Å². The van der Waals surface area contributed by atoms with E-state index in [1.165, 1.54) is 19.3 Å². The van der Waals surface area contributed by atoms with Crippen molar-refractivity contribution in [2.24, 2.45) is 0 Å². The van der Waals surface area contributed by atoms with E-state index in [1.807, 2.05) is 24.3 Å². The molecule has 1 fully saturated rings. The molecule has 0 bridgehead atoms. The van der Waals surface area contributed by atoms with Gasteiger partial charge >= 0.3 is 0 Å². The molecular formula is C19H26N4O2. The summed E-state index contributed by atoms with van der Waals surface area (Å²) in [5.74, 6) is 0.847. The second-order valence-corrected chi connectivity index (χ2v) is 6.36. The number of carbonyl (C=O) groups is 1. The van der Waals surface area contributed by atoms with Crippen molar-refractivity contribution >= 4 is 5.91 Å². The first-order valence-electron chi connectivity index (χ1n) is 8.89. The van der Waals surface area contributed by atoms with Gasteiger partial charge in [-0.15, -0.1) is 0 Å². The molecule has 1 aliphatic rings. The summed E-state index contributed by atoms with van der Waals surface area (Å²) < 4.78 is 7.19. The molecule has 0 spiro atoms. The third kappa shape index (κ3) is 4.60. The molecule has 1 N–H and O–H groups in total. The highest BCUT2D eigenvalue weighted by Crippen LogP contribution is 2.30. The quantitative estimate of drug-likeness (QED) is 0.838. The number of nitrogens with zero attached hydrogens (tertiary/aromatic N) is 3. The Morgan fingerprint density at radius 2 is 2.04 bits per heavy atom. The van der Waals surface area contributed by atoms with E-state index in [0.717, 1.165) is 24.4 Å². The van der Waals surface area contributed by atoms with E-state index < -0.39 is 0 Å². The molecule has 0 aliphatic carbocycles. The molecule has 1 amide bonds. The van der Waals surface area contributed by atoms with E-state index in [0.29, 0.717) is 6.54 Å². The molecule has 6 heteroatoms. The summed E-state index contributed by atoms with van der Waals surface area (Å²) in [6, 6.07) is 10.0. The van der Waals surface area contributed by atoms with Gasteiger partial charge in [-0.1, -0.05) is 24.6 Å². The van der Waals surface area contributed by atoms with Crippen molar-refractivity contribution in [2.45, 2.75) is 31.8 Å². The molecule has 6 nitrogen and oxygen atoms in total. The van der Waals surface area contributed by atoms with Crippen molar-refractivity contribution in [1.29, 1.82) is 0 Å². The topological polar surface area (TPSA) is 59.4 Å². The highest BCUT2D eigenvalue weighted by atomic mass is 16.5. The minimum Gasteiger partial charge on any atom is -0.496 e. The molecule has 25 heavy (non-hydrogen) atoms. The van der Waals surface area contributed by atoms with Gasteiger partial charge in [0.15, 0.2) is 0 Å². The van der Waals surface area contributed by atoms with E-state index in [2.05, 4.69) is 21.4 Å². The second-order valence-electron chi connectivity index (χ2n) is 6.36. The Bertz CT molecular complexity index is 666. The number of likely N-dealkylation sites (tertiary alicyclic amines) is 1. The Morgan fingerprint density at radius 3 is 2.76 bits per heavy atom. The number of nitrogens with one attached hydrogen (secondary N) is 1. The van der Waals surface area contributed by atoms with Crippen LogP contribution in [0.15, 0.2) is 42.7 Å². The van der Waals surface area contributed by atoms with Crippen molar-refractivity contribution in [3.8, 4) is 5.75 Å². The summed E-state index contributed by atoms with van der Waals surface area (Å²) in [6.45, 7) is 2.92. The van der Waals surface area contributed by atoms with Gasteiger partial charge < -0.3 is 10.1 Å². The van der Waals surface area contributed by atoms with Crippen LogP contribution in [0.4, 0.5) is 0 Å². The van der Waals surface area contributed by atoms with Crippen LogP contribution in [0.5, 0.6) is 5.75 Å². The summed E-state index contributed by atoms with van der Waals surface area (Å²) in [7, 11) is 1.70. The fraction of sp³-hybridized carbons (Fsp3) is 0.474. The Morgan fingerprint density at radius 1 is 1.24 bits per heavy atom. The molecule has 1 aromatic carbocycles. The standard InChI is InChI=1S/C19H26N4O2/c1-25-18-9-4-3-8-16(18)17(22-11-5-2-6-12-22)14-20-19(24)15-23-13-7-10-21-23/h3-4,7-10,13,17H,2,5-6,11-12,14-15H2,1H3,(H,20,24)/t17-/m1/s1. The normalized spacial score (nSPS) is 16.4. The van der Waals surface area contributed by atoms with E-state index >= 15 is 0 Å². The second kappa shape index (κ2) is 8.67. The summed E-state index contributed by atoms with van der Waals surface area (Å²) >= 11 is 0. The average molecular weight is 342 g/mol. The fourth-order valence-electron chi connectivity index (χ4n) is 3.42. The van der Waals surface area contributed by atoms with Crippen molar-refractivity contribution in [3.63, 3.8) is 0 Å². The Hall–Kier alpha value is -2.34. The number of carbonyl (C=O) groups excluding carboxylic acids is 1. The van der Waals surface area contributed by atoms with Crippen LogP contribution in [-0.4, -0.2) is 47.3 Å². The third-order valence-corrected chi connectivity index (χ3v) is 4.69. The van der Waals surface area contributed by atoms with Crippen LogP contribution in [0.1, 0.15) is 30.9 Å². The molecule has 0 saturated carbocycles. The van der Waals surface area contributed by atoms with Crippen LogP contribution in [0.2, 0.25) is 0 Å². The van der Waals surface area contributed by atoms with E-state index in [1.54, 1.807) is 24.2 Å². The van der Waals surface area contributed by atoms with Crippen LogP contribution in [0.25, 0.3) is 0 Å². The third-order valence-electron chi connectivity index (χ3n) is 4.69. The van der Waals surface area contributed by atoms with E-state index in [-0.39, 0.29) is 18.5 Å². The van der Waals surface area contributed by atoms with Crippen molar-refractivity contribution in [3.05, 3.63) is 48.3 Å². The lowest BCUT2D eigenvalue weighted by molar-refractivity contribution is -0.122. The highest BCUT2D eigenvalue weighted by molar-refractivity contribution is 5.75. The van der Waals surface area contributed by atoms with Gasteiger partial charge in [-0.25, -0.2) is 0 Å². The monoisotopic (exact) mass is 342 g/mol. The van der Waals surface area contributed by atoms with Gasteiger partial charge in [0, 0.05) is 24.5 Å². The van der Waals surface area contributed by atoms with Gasteiger partial charge in [-0.05, 0) is 38.1 Å². The SMILES string of the molecule is COc1ccccc1[C@@H](CNC(=O)Cn1cccn1)N1CCCCC1. The molecular weight excluding hydrogens is 316 g/mol. The number of benzene rings is 1. The number of piperidine rings is 1. The maximum atomic E-state index is 12.3. The fourth-order valence-corrected chi connectivity index (χ4v) is 3.42. The lowest BCUT2D eigenvalue weighted by atomic mass is 10.0. The van der Waals surface area contributed by atoms with Gasteiger partial charge in [0.25, 0.3) is 0 Å². The summed E-state index contributed by atoms with van der Waals surface area (Å²) in [6.07, 6.45) is 7.15. The minimum absolute atomic E-state index is 0.0272. The molecule has 1 aliphatic heterocycles. The highest BCUT2D eigenvalue weighted by Gasteiger charge is 2.25. The number of amides is 1. The van der Waals surface area contributed by atoms with Crippen LogP contribution in [0.3, 0.4) is 0 Å². The van der Waals surface area contributed by atoms with E-state index in [9.17, 15) is 4.79 Å². The number of aromatic nitrogens is 2. The summed E-state index contributed by atoms with van der Waals surface area (Å²) in [4.78, 5) is 14.7. The number of hydrogen-bond donors (Lipinski definition) is 1. The van der Waals surface area contributed by atoms with Crippen molar-refractivity contribution in [2.75, 3.05) is 26.7 Å². The van der Waals surface area contributed by atoms with Gasteiger partial charge in [-0.2, -0.15) is 5.10 Å². The van der Waals surface area contributed by atoms with Crippen LogP contribution < -0.4 is 10.1 Å². The molecule has 2 heterocycles. The minimum atomic E-state index is -0.0272. The van der Waals surface area contributed by atoms with Gasteiger partial charge in [0.2, 0.25) is 5.91 Å². The molecule has 134 valence electrons. The molecule has 1 saturated heterocycles. The summed E-state index contributed by atoms with van der Waals surface area (Å²) in [5, 5.41) is 7.16. The van der Waals surface area contributed by atoms with Crippen LogP contribution in [0, 0.1) is 0 Å². The molecule has 0 unspecified atom stereocenters. The maximum Gasteiger partial charge on any atom is 0.241 e. The lowest BCUT2D eigenvalue weighted by Gasteiger charge is -2.35. The zero-order valence-corrected chi connectivity index (χ0v) is 14.7. The summed E-state index contributed by atoms with van der Waals surface area (Å²) in [5.41, 5.74) is 1.13. The zero-order valence-electron chi connectivity index (χ0n) is 14.7. The molecule has 3 rings (SSSR count). The first kappa shape index (κ1) is 17.5. The smallest absolute Gasteiger partial charge is 0.241 e. The Balaban J connectivity index is 1.71.